The van der Waals surface area contributed by atoms with Crippen molar-refractivity contribution in [3.63, 3.8) is 0 Å². The van der Waals surface area contributed by atoms with Gasteiger partial charge in [-0.1, -0.05) is 140 Å². The fraction of sp³-hybridized carbons (Fsp3) is 0. The van der Waals surface area contributed by atoms with E-state index < -0.39 is 0 Å². The number of hydrogen-bond donors (Lipinski definition) is 0. The van der Waals surface area contributed by atoms with Crippen molar-refractivity contribution in [1.82, 2.24) is 15.0 Å². The minimum Gasteiger partial charge on any atom is -0.456 e. The summed E-state index contributed by atoms with van der Waals surface area (Å²) >= 11 is 0. The Hall–Kier alpha value is -7.63. The minimum atomic E-state index is 0.577. The van der Waals surface area contributed by atoms with Crippen LogP contribution < -0.4 is 4.90 Å². The third kappa shape index (κ3) is 6.27. The highest BCUT2D eigenvalue weighted by Gasteiger charge is 2.20. The van der Waals surface area contributed by atoms with Crippen LogP contribution in [0, 0.1) is 0 Å². The number of nitrogens with zero attached hydrogens (tertiary/aromatic N) is 4. The first-order valence-corrected chi connectivity index (χ1v) is 18.7. The van der Waals surface area contributed by atoms with E-state index in [0.29, 0.717) is 17.5 Å². The van der Waals surface area contributed by atoms with E-state index in [1.54, 1.807) is 0 Å². The van der Waals surface area contributed by atoms with Gasteiger partial charge in [-0.25, -0.2) is 15.0 Å². The Morgan fingerprint density at radius 2 is 0.804 bits per heavy atom. The molecule has 5 heteroatoms. The number of benzene rings is 8. The number of hydrogen-bond acceptors (Lipinski definition) is 5. The van der Waals surface area contributed by atoms with Gasteiger partial charge in [0.25, 0.3) is 0 Å². The summed E-state index contributed by atoms with van der Waals surface area (Å²) in [5, 5.41) is 1.94. The average Bonchev–Trinajstić information content (AvgIpc) is 3.66. The molecule has 0 unspecified atom stereocenters. The molecule has 264 valence electrons. The lowest BCUT2D eigenvalue weighted by molar-refractivity contribution is 0.669. The number of anilines is 3. The molecule has 0 N–H and O–H groups in total. The van der Waals surface area contributed by atoms with Crippen molar-refractivity contribution in [2.75, 3.05) is 4.90 Å². The van der Waals surface area contributed by atoms with E-state index in [1.165, 1.54) is 0 Å². The van der Waals surface area contributed by atoms with Crippen LogP contribution in [-0.2, 0) is 0 Å². The minimum absolute atomic E-state index is 0.577. The molecular formula is C51H34N4O. The largest absolute Gasteiger partial charge is 0.456 e. The van der Waals surface area contributed by atoms with Gasteiger partial charge in [0.2, 0.25) is 0 Å². The first kappa shape index (κ1) is 33.0. The smallest absolute Gasteiger partial charge is 0.164 e. The van der Waals surface area contributed by atoms with E-state index in [2.05, 4.69) is 144 Å². The molecular weight excluding hydrogens is 685 g/mol. The van der Waals surface area contributed by atoms with E-state index in [0.717, 1.165) is 77.9 Å². The van der Waals surface area contributed by atoms with E-state index in [1.807, 2.05) is 66.7 Å². The Bertz CT molecular complexity index is 2850. The fourth-order valence-corrected chi connectivity index (χ4v) is 7.43. The molecule has 0 radical (unpaired) electrons. The van der Waals surface area contributed by atoms with Gasteiger partial charge in [-0.15, -0.1) is 0 Å². The summed E-state index contributed by atoms with van der Waals surface area (Å²) in [6.07, 6.45) is 0. The van der Waals surface area contributed by atoms with Crippen LogP contribution in [0.15, 0.2) is 211 Å². The molecule has 10 rings (SSSR count). The van der Waals surface area contributed by atoms with Crippen molar-refractivity contribution in [3.05, 3.63) is 206 Å². The van der Waals surface area contributed by atoms with Crippen LogP contribution in [-0.4, -0.2) is 15.0 Å². The van der Waals surface area contributed by atoms with Crippen molar-refractivity contribution in [1.29, 1.82) is 0 Å². The lowest BCUT2D eigenvalue weighted by atomic mass is 9.96. The van der Waals surface area contributed by atoms with Crippen molar-refractivity contribution in [3.8, 4) is 56.4 Å². The Morgan fingerprint density at radius 1 is 0.321 bits per heavy atom. The Morgan fingerprint density at radius 3 is 1.38 bits per heavy atom. The highest BCUT2D eigenvalue weighted by Crippen LogP contribution is 2.41. The van der Waals surface area contributed by atoms with E-state index >= 15 is 0 Å². The summed E-state index contributed by atoms with van der Waals surface area (Å²) in [6.45, 7) is 0. The van der Waals surface area contributed by atoms with Gasteiger partial charge in [-0.2, -0.15) is 0 Å². The van der Waals surface area contributed by atoms with Gasteiger partial charge in [-0.05, 0) is 82.9 Å². The summed E-state index contributed by atoms with van der Waals surface area (Å²) in [5.74, 6) is 1.77. The zero-order chi connectivity index (χ0) is 37.3. The Labute approximate surface area is 324 Å². The van der Waals surface area contributed by atoms with Gasteiger partial charge in [0.05, 0.1) is 0 Å². The molecule has 0 atom stereocenters. The predicted molar refractivity (Wildman–Crippen MR) is 229 cm³/mol. The first-order chi connectivity index (χ1) is 27.7. The molecule has 5 nitrogen and oxygen atoms in total. The number of furan rings is 1. The second-order valence-electron chi connectivity index (χ2n) is 13.7. The standard InChI is InChI=1S/C51H34N4O/c1-6-17-35(18-7-1)38-31-39(36-19-8-2-9-20-36)33-40(32-38)50-52-49(37-21-10-3-11-22-37)53-51(54-50)45-27-16-28-46-48(45)44-30-29-43(34-47(44)56-46)55(41-23-12-4-13-24-41)42-25-14-5-15-26-42/h1-34H. The van der Waals surface area contributed by atoms with Crippen LogP contribution >= 0.6 is 0 Å². The quantitative estimate of drug-likeness (QED) is 0.157. The molecule has 0 spiro atoms. The van der Waals surface area contributed by atoms with Gasteiger partial charge in [0.1, 0.15) is 11.2 Å². The van der Waals surface area contributed by atoms with Crippen molar-refractivity contribution < 1.29 is 4.42 Å². The summed E-state index contributed by atoms with van der Waals surface area (Å²) in [5.41, 5.74) is 11.8. The van der Waals surface area contributed by atoms with Gasteiger partial charge in [0, 0.05) is 50.6 Å². The maximum absolute atomic E-state index is 6.64. The molecule has 0 aliphatic carbocycles. The molecule has 0 fully saturated rings. The molecule has 2 heterocycles. The van der Waals surface area contributed by atoms with Gasteiger partial charge >= 0.3 is 0 Å². The number of para-hydroxylation sites is 2. The molecule has 0 aliphatic heterocycles. The van der Waals surface area contributed by atoms with Gasteiger partial charge < -0.3 is 9.32 Å². The van der Waals surface area contributed by atoms with Crippen molar-refractivity contribution in [2.45, 2.75) is 0 Å². The lowest BCUT2D eigenvalue weighted by Gasteiger charge is -2.25. The fourth-order valence-electron chi connectivity index (χ4n) is 7.43. The third-order valence-electron chi connectivity index (χ3n) is 10.1. The summed E-state index contributed by atoms with van der Waals surface area (Å²) < 4.78 is 6.64. The van der Waals surface area contributed by atoms with Gasteiger partial charge in [0.15, 0.2) is 17.5 Å². The van der Waals surface area contributed by atoms with E-state index in [-0.39, 0.29) is 0 Å². The molecule has 2 aromatic heterocycles. The Kier molecular flexibility index (Phi) is 8.43. The second kappa shape index (κ2) is 14.3. The maximum Gasteiger partial charge on any atom is 0.164 e. The van der Waals surface area contributed by atoms with Crippen molar-refractivity contribution in [2.24, 2.45) is 0 Å². The van der Waals surface area contributed by atoms with Crippen LogP contribution in [0.5, 0.6) is 0 Å². The monoisotopic (exact) mass is 718 g/mol. The summed E-state index contributed by atoms with van der Waals surface area (Å²) in [4.78, 5) is 17.8. The number of rotatable bonds is 8. The van der Waals surface area contributed by atoms with Crippen LogP contribution in [0.3, 0.4) is 0 Å². The summed E-state index contributed by atoms with van der Waals surface area (Å²) in [6, 6.07) is 70.9. The number of fused-ring (bicyclic) bond motifs is 3. The van der Waals surface area contributed by atoms with Crippen molar-refractivity contribution >= 4 is 39.0 Å². The first-order valence-electron chi connectivity index (χ1n) is 18.7. The predicted octanol–water partition coefficient (Wildman–Crippen LogP) is 13.6. The summed E-state index contributed by atoms with van der Waals surface area (Å²) in [7, 11) is 0. The van der Waals surface area contributed by atoms with Crippen LogP contribution in [0.25, 0.3) is 78.4 Å². The topological polar surface area (TPSA) is 55.1 Å². The van der Waals surface area contributed by atoms with Crippen LogP contribution in [0.4, 0.5) is 17.1 Å². The molecule has 0 saturated heterocycles. The molecule has 0 saturated carbocycles. The zero-order valence-electron chi connectivity index (χ0n) is 30.3. The number of aromatic nitrogens is 3. The highest BCUT2D eigenvalue weighted by atomic mass is 16.3. The SMILES string of the molecule is c1ccc(-c2cc(-c3ccccc3)cc(-c3nc(-c4ccccc4)nc(-c4cccc5oc6cc(N(c7ccccc7)c7ccccc7)ccc6c45)n3)c2)cc1. The molecule has 0 bridgehead atoms. The lowest BCUT2D eigenvalue weighted by Crippen LogP contribution is -2.09. The van der Waals surface area contributed by atoms with Gasteiger partial charge in [-0.3, -0.25) is 0 Å². The molecule has 0 amide bonds. The molecule has 0 aliphatic rings. The molecule has 10 aromatic rings. The van der Waals surface area contributed by atoms with Crippen LogP contribution in [0.2, 0.25) is 0 Å². The Balaban J connectivity index is 1.16. The molecule has 56 heavy (non-hydrogen) atoms. The van der Waals surface area contributed by atoms with Crippen LogP contribution in [0.1, 0.15) is 0 Å². The highest BCUT2D eigenvalue weighted by molar-refractivity contribution is 6.12. The maximum atomic E-state index is 6.64. The average molecular weight is 719 g/mol. The van der Waals surface area contributed by atoms with E-state index in [4.69, 9.17) is 19.4 Å². The normalized spacial score (nSPS) is 11.2. The van der Waals surface area contributed by atoms with E-state index in [9.17, 15) is 0 Å². The second-order valence-corrected chi connectivity index (χ2v) is 13.7. The third-order valence-corrected chi connectivity index (χ3v) is 10.1. The zero-order valence-corrected chi connectivity index (χ0v) is 30.3. The molecule has 8 aromatic carbocycles.